The van der Waals surface area contributed by atoms with Gasteiger partial charge >= 0.3 is 6.03 Å². The molecular formula is C23H28ClN3O3. The topological polar surface area (TPSA) is 63.2 Å². The fourth-order valence-corrected chi connectivity index (χ4v) is 3.41. The minimum atomic E-state index is -0.342. The summed E-state index contributed by atoms with van der Waals surface area (Å²) in [7, 11) is 1.64. The molecule has 1 N–H and O–H groups in total. The van der Waals surface area contributed by atoms with Crippen molar-refractivity contribution in [2.45, 2.75) is 45.4 Å². The molecule has 0 spiro atoms. The summed E-state index contributed by atoms with van der Waals surface area (Å²) in [6, 6.07) is 15.1. The number of urea groups is 1. The number of benzene rings is 2. The van der Waals surface area contributed by atoms with Crippen LogP contribution >= 0.6 is 11.6 Å². The molecule has 0 radical (unpaired) electrons. The molecule has 1 heterocycles. The van der Waals surface area contributed by atoms with E-state index in [1.165, 1.54) is 0 Å². The van der Waals surface area contributed by atoms with Crippen LogP contribution in [0.2, 0.25) is 5.02 Å². The lowest BCUT2D eigenvalue weighted by Crippen LogP contribution is -2.50. The third-order valence-electron chi connectivity index (χ3n) is 4.61. The molecule has 1 atom stereocenters. The van der Waals surface area contributed by atoms with Gasteiger partial charge in [-0.25, -0.2) is 4.79 Å². The average Bonchev–Trinajstić information content (AvgIpc) is 3.15. The second-order valence-electron chi connectivity index (χ2n) is 8.39. The van der Waals surface area contributed by atoms with Gasteiger partial charge in [-0.3, -0.25) is 0 Å². The number of rotatable bonds is 6. The van der Waals surface area contributed by atoms with E-state index in [0.29, 0.717) is 24.5 Å². The van der Waals surface area contributed by atoms with Gasteiger partial charge in [0.2, 0.25) is 0 Å². The van der Waals surface area contributed by atoms with Gasteiger partial charge in [-0.15, -0.1) is 0 Å². The van der Waals surface area contributed by atoms with Crippen molar-refractivity contribution in [1.29, 1.82) is 0 Å². The highest BCUT2D eigenvalue weighted by Crippen LogP contribution is 2.21. The quantitative estimate of drug-likeness (QED) is 0.713. The summed E-state index contributed by atoms with van der Waals surface area (Å²) in [4.78, 5) is 20.3. The Morgan fingerprint density at radius 3 is 2.63 bits per heavy atom. The minimum Gasteiger partial charge on any atom is -0.497 e. The Hall–Kier alpha value is -2.73. The van der Waals surface area contributed by atoms with Crippen molar-refractivity contribution in [3.63, 3.8) is 0 Å². The fraction of sp³-hybridized carbons (Fsp3) is 0.391. The lowest BCUT2D eigenvalue weighted by molar-refractivity contribution is 0.0580. The molecule has 7 heteroatoms. The Labute approximate surface area is 182 Å². The number of ether oxygens (including phenoxy) is 1. The molecule has 1 aliphatic rings. The Balaban J connectivity index is 1.69. The Morgan fingerprint density at radius 1 is 1.27 bits per heavy atom. The van der Waals surface area contributed by atoms with Crippen molar-refractivity contribution in [2.24, 2.45) is 5.16 Å². The first kappa shape index (κ1) is 22.0. The molecule has 3 rings (SSSR count). The second-order valence-corrected chi connectivity index (χ2v) is 8.83. The summed E-state index contributed by atoms with van der Waals surface area (Å²) < 4.78 is 5.21. The molecule has 0 fully saturated rings. The summed E-state index contributed by atoms with van der Waals surface area (Å²) in [5, 5.41) is 7.92. The molecular weight excluding hydrogens is 402 g/mol. The van der Waals surface area contributed by atoms with Gasteiger partial charge < -0.3 is 19.8 Å². The average molecular weight is 430 g/mol. The van der Waals surface area contributed by atoms with Crippen LogP contribution in [-0.4, -0.2) is 41.9 Å². The van der Waals surface area contributed by atoms with E-state index < -0.39 is 0 Å². The number of halogens is 1. The molecule has 0 aliphatic carbocycles. The van der Waals surface area contributed by atoms with Gasteiger partial charge in [0.15, 0.2) is 6.10 Å². The van der Waals surface area contributed by atoms with Gasteiger partial charge in [-0.1, -0.05) is 28.9 Å². The SMILES string of the molecule is COc1ccc(C2=NO[C@H](CN(Cc3cccc(Cl)c3)C(=O)NC(C)(C)C)C2)cc1. The van der Waals surface area contributed by atoms with Crippen molar-refractivity contribution in [1.82, 2.24) is 10.2 Å². The van der Waals surface area contributed by atoms with Crippen LogP contribution in [0.4, 0.5) is 4.79 Å². The van der Waals surface area contributed by atoms with Crippen LogP contribution < -0.4 is 10.1 Å². The van der Waals surface area contributed by atoms with Gasteiger partial charge in [0.1, 0.15) is 5.75 Å². The minimum absolute atomic E-state index is 0.149. The maximum atomic E-state index is 12.9. The number of nitrogens with zero attached hydrogens (tertiary/aromatic N) is 2. The van der Waals surface area contributed by atoms with Crippen molar-refractivity contribution >= 4 is 23.3 Å². The molecule has 2 aromatic carbocycles. The zero-order valence-corrected chi connectivity index (χ0v) is 18.6. The Kier molecular flexibility index (Phi) is 6.87. The van der Waals surface area contributed by atoms with Gasteiger partial charge in [0.05, 0.1) is 19.4 Å². The van der Waals surface area contributed by atoms with Crippen LogP contribution in [0.25, 0.3) is 0 Å². The molecule has 160 valence electrons. The van der Waals surface area contributed by atoms with Crippen LogP contribution in [0.15, 0.2) is 53.7 Å². The van der Waals surface area contributed by atoms with E-state index in [-0.39, 0.29) is 17.7 Å². The van der Waals surface area contributed by atoms with Crippen molar-refractivity contribution < 1.29 is 14.4 Å². The number of hydrogen-bond acceptors (Lipinski definition) is 4. The summed E-state index contributed by atoms with van der Waals surface area (Å²) in [5.74, 6) is 0.793. The number of carbonyl (C=O) groups excluding carboxylic acids is 1. The van der Waals surface area contributed by atoms with E-state index in [2.05, 4.69) is 10.5 Å². The summed E-state index contributed by atoms with van der Waals surface area (Å²) >= 11 is 6.12. The maximum Gasteiger partial charge on any atom is 0.318 e. The van der Waals surface area contributed by atoms with Crippen LogP contribution in [0, 0.1) is 0 Å². The fourth-order valence-electron chi connectivity index (χ4n) is 3.20. The molecule has 6 nitrogen and oxygen atoms in total. The van der Waals surface area contributed by atoms with E-state index in [1.807, 2.05) is 69.3 Å². The molecule has 0 aromatic heterocycles. The number of carbonyl (C=O) groups is 1. The van der Waals surface area contributed by atoms with Gasteiger partial charge in [0, 0.05) is 23.5 Å². The Morgan fingerprint density at radius 2 is 2.00 bits per heavy atom. The lowest BCUT2D eigenvalue weighted by atomic mass is 10.0. The zero-order valence-electron chi connectivity index (χ0n) is 17.8. The van der Waals surface area contributed by atoms with Gasteiger partial charge in [-0.2, -0.15) is 0 Å². The molecule has 0 saturated carbocycles. The number of amides is 2. The highest BCUT2D eigenvalue weighted by atomic mass is 35.5. The first-order valence-electron chi connectivity index (χ1n) is 9.92. The molecule has 0 saturated heterocycles. The van der Waals surface area contributed by atoms with Crippen LogP contribution in [0.3, 0.4) is 0 Å². The predicted molar refractivity (Wildman–Crippen MR) is 119 cm³/mol. The first-order chi connectivity index (χ1) is 14.2. The predicted octanol–water partition coefficient (Wildman–Crippen LogP) is 4.85. The number of hydrogen-bond donors (Lipinski definition) is 1. The van der Waals surface area contributed by atoms with Crippen LogP contribution in [0.1, 0.15) is 38.3 Å². The summed E-state index contributed by atoms with van der Waals surface area (Å²) in [6.07, 6.45) is 0.410. The summed E-state index contributed by atoms with van der Waals surface area (Å²) in [6.45, 7) is 6.72. The third-order valence-corrected chi connectivity index (χ3v) is 4.85. The highest BCUT2D eigenvalue weighted by molar-refractivity contribution is 6.30. The van der Waals surface area contributed by atoms with E-state index in [4.69, 9.17) is 21.2 Å². The highest BCUT2D eigenvalue weighted by Gasteiger charge is 2.28. The third kappa shape index (κ3) is 6.13. The smallest absolute Gasteiger partial charge is 0.318 e. The Bertz CT molecular complexity index is 907. The van der Waals surface area contributed by atoms with E-state index in [9.17, 15) is 4.79 Å². The molecule has 1 aliphatic heterocycles. The second kappa shape index (κ2) is 9.39. The molecule has 30 heavy (non-hydrogen) atoms. The summed E-state index contributed by atoms with van der Waals surface area (Å²) in [5.41, 5.74) is 2.46. The largest absolute Gasteiger partial charge is 0.497 e. The number of methoxy groups -OCH3 is 1. The van der Waals surface area contributed by atoms with Crippen LogP contribution in [0.5, 0.6) is 5.75 Å². The maximum absolute atomic E-state index is 12.9. The number of oxime groups is 1. The monoisotopic (exact) mass is 429 g/mol. The van der Waals surface area contributed by atoms with Crippen molar-refractivity contribution in [2.75, 3.05) is 13.7 Å². The van der Waals surface area contributed by atoms with Crippen LogP contribution in [-0.2, 0) is 11.4 Å². The van der Waals surface area contributed by atoms with Gasteiger partial charge in [0.25, 0.3) is 0 Å². The normalized spacial score (nSPS) is 15.9. The molecule has 0 unspecified atom stereocenters. The zero-order chi connectivity index (χ0) is 21.7. The van der Waals surface area contributed by atoms with E-state index in [1.54, 1.807) is 12.0 Å². The van der Waals surface area contributed by atoms with E-state index >= 15 is 0 Å². The first-order valence-corrected chi connectivity index (χ1v) is 10.3. The van der Waals surface area contributed by atoms with Gasteiger partial charge in [-0.05, 0) is 68.3 Å². The molecule has 2 amide bonds. The van der Waals surface area contributed by atoms with Crippen molar-refractivity contribution in [3.8, 4) is 5.75 Å². The lowest BCUT2D eigenvalue weighted by Gasteiger charge is -2.29. The molecule has 2 aromatic rings. The van der Waals surface area contributed by atoms with E-state index in [0.717, 1.165) is 22.6 Å². The standard InChI is InChI=1S/C23H28ClN3O3/c1-23(2,3)25-22(28)27(14-16-6-5-7-18(24)12-16)15-20-13-21(26-30-20)17-8-10-19(29-4)11-9-17/h5-12,20H,13-15H2,1-4H3,(H,25,28)/t20-/m0/s1. The van der Waals surface area contributed by atoms with Crippen molar-refractivity contribution in [3.05, 3.63) is 64.7 Å². The number of nitrogens with one attached hydrogen (secondary N) is 1. The molecule has 0 bridgehead atoms.